The summed E-state index contributed by atoms with van der Waals surface area (Å²) >= 11 is 8.53. The van der Waals surface area contributed by atoms with Crippen LogP contribution in [0.5, 0.6) is 5.75 Å². The second kappa shape index (κ2) is 12.8. The first kappa shape index (κ1) is 27.5. The number of alkyl halides is 1. The Morgan fingerprint density at radius 3 is 2.78 bits per heavy atom. The van der Waals surface area contributed by atoms with Crippen LogP contribution in [0.2, 0.25) is 5.02 Å². The molecule has 1 atom stereocenters. The number of nitrogens with zero attached hydrogens (tertiary/aromatic N) is 2. The highest BCUT2D eigenvalue weighted by Gasteiger charge is 2.37. The number of carboxylic acids is 1. The number of hydrogen-bond donors (Lipinski definition) is 1. The molecule has 1 N–H and O–H groups in total. The van der Waals surface area contributed by atoms with Crippen LogP contribution in [0.3, 0.4) is 0 Å². The number of hydrogen-bond acceptors (Lipinski definition) is 5. The standard InChI is InChI=1S/C28H38ClFN2O3S/c1-35-20-7-8-25-22(17-20)27(23(29)19-31-25)24(30)9-10-28(18-26(33)34)11-14-32(15-12-28)13-4-16-36-21-5-2-3-6-21/h7-8,17,19,21,24H,2-6,9-16,18H2,1H3,(H,33,34)/t24-/m1/s1. The van der Waals surface area contributed by atoms with Crippen LogP contribution in [0.15, 0.2) is 24.4 Å². The van der Waals surface area contributed by atoms with Crippen molar-refractivity contribution >= 4 is 40.2 Å². The number of rotatable bonds is 12. The molecule has 1 aromatic heterocycles. The molecule has 2 aromatic rings. The van der Waals surface area contributed by atoms with E-state index < -0.39 is 12.1 Å². The molecule has 0 unspecified atom stereocenters. The van der Waals surface area contributed by atoms with Crippen LogP contribution in [-0.2, 0) is 4.79 Å². The van der Waals surface area contributed by atoms with Gasteiger partial charge in [0.1, 0.15) is 11.9 Å². The van der Waals surface area contributed by atoms with Gasteiger partial charge in [0, 0.05) is 22.4 Å². The normalized spacial score (nSPS) is 19.5. The molecule has 4 rings (SSSR count). The number of methoxy groups -OCH3 is 1. The molecule has 1 aliphatic carbocycles. The lowest BCUT2D eigenvalue weighted by Crippen LogP contribution is -2.41. The van der Waals surface area contributed by atoms with E-state index in [1.165, 1.54) is 44.1 Å². The molecule has 2 aliphatic rings. The number of piperidine rings is 1. The Morgan fingerprint density at radius 1 is 1.33 bits per heavy atom. The second-order valence-electron chi connectivity index (χ2n) is 10.5. The highest BCUT2D eigenvalue weighted by atomic mass is 35.5. The molecule has 0 radical (unpaired) electrons. The fourth-order valence-corrected chi connectivity index (χ4v) is 7.44. The van der Waals surface area contributed by atoms with Crippen LogP contribution >= 0.6 is 23.4 Å². The SMILES string of the molecule is COc1ccc2ncc(Cl)c([C@H](F)CCC3(CC(=O)O)CCN(CCCSC4CCCC4)CC3)c2c1. The van der Waals surface area contributed by atoms with Gasteiger partial charge in [-0.2, -0.15) is 11.8 Å². The number of fused-ring (bicyclic) bond motifs is 1. The van der Waals surface area contributed by atoms with E-state index in [2.05, 4.69) is 21.6 Å². The van der Waals surface area contributed by atoms with Crippen molar-refractivity contribution in [1.82, 2.24) is 9.88 Å². The predicted octanol–water partition coefficient (Wildman–Crippen LogP) is 7.31. The number of ether oxygens (including phenoxy) is 1. The molecule has 2 heterocycles. The zero-order valence-electron chi connectivity index (χ0n) is 21.2. The number of aliphatic carboxylic acids is 1. The highest BCUT2D eigenvalue weighted by Crippen LogP contribution is 2.44. The van der Waals surface area contributed by atoms with Crippen LogP contribution in [0.1, 0.15) is 75.9 Å². The van der Waals surface area contributed by atoms with Gasteiger partial charge in [-0.05, 0) is 93.9 Å². The third kappa shape index (κ3) is 7.05. The molecule has 0 amide bonds. The Morgan fingerprint density at radius 2 is 2.08 bits per heavy atom. The summed E-state index contributed by atoms with van der Waals surface area (Å²) < 4.78 is 21.0. The van der Waals surface area contributed by atoms with Gasteiger partial charge in [0.2, 0.25) is 0 Å². The van der Waals surface area contributed by atoms with Gasteiger partial charge in [0.15, 0.2) is 0 Å². The summed E-state index contributed by atoms with van der Waals surface area (Å²) in [5.41, 5.74) is 0.707. The third-order valence-electron chi connectivity index (χ3n) is 8.03. The molecule has 8 heteroatoms. The first-order valence-corrected chi connectivity index (χ1v) is 14.6. The summed E-state index contributed by atoms with van der Waals surface area (Å²) in [5, 5.41) is 11.4. The molecule has 1 aliphatic heterocycles. The van der Waals surface area contributed by atoms with Crippen molar-refractivity contribution in [2.24, 2.45) is 5.41 Å². The largest absolute Gasteiger partial charge is 0.497 e. The van der Waals surface area contributed by atoms with Crippen LogP contribution in [0, 0.1) is 5.41 Å². The second-order valence-corrected chi connectivity index (χ2v) is 12.3. The number of benzene rings is 1. The first-order chi connectivity index (χ1) is 17.4. The van der Waals surface area contributed by atoms with E-state index in [1.807, 2.05) is 0 Å². The van der Waals surface area contributed by atoms with Gasteiger partial charge < -0.3 is 14.7 Å². The van der Waals surface area contributed by atoms with Crippen molar-refractivity contribution in [3.8, 4) is 5.75 Å². The Bertz CT molecular complexity index is 1030. The number of aromatic nitrogens is 1. The maximum Gasteiger partial charge on any atom is 0.303 e. The van der Waals surface area contributed by atoms with Gasteiger partial charge in [-0.15, -0.1) is 0 Å². The fraction of sp³-hybridized carbons (Fsp3) is 0.643. The first-order valence-electron chi connectivity index (χ1n) is 13.2. The van der Waals surface area contributed by atoms with Crippen molar-refractivity contribution in [2.45, 2.75) is 75.6 Å². The molecule has 36 heavy (non-hydrogen) atoms. The number of carboxylic acid groups (broad SMARTS) is 1. The van der Waals surface area contributed by atoms with Crippen molar-refractivity contribution < 1.29 is 19.0 Å². The van der Waals surface area contributed by atoms with E-state index in [4.69, 9.17) is 16.3 Å². The molecule has 2 fully saturated rings. The molecule has 1 saturated heterocycles. The van der Waals surface area contributed by atoms with Crippen LogP contribution in [0.25, 0.3) is 10.9 Å². The molecular formula is C28H38ClFN2O3S. The zero-order chi connectivity index (χ0) is 25.5. The Kier molecular flexibility index (Phi) is 9.76. The maximum atomic E-state index is 15.7. The maximum absolute atomic E-state index is 15.7. The molecule has 1 aromatic carbocycles. The van der Waals surface area contributed by atoms with Gasteiger partial charge >= 0.3 is 5.97 Å². The molecule has 0 spiro atoms. The van der Waals surface area contributed by atoms with Crippen LogP contribution < -0.4 is 4.74 Å². The topological polar surface area (TPSA) is 62.7 Å². The van der Waals surface area contributed by atoms with Crippen molar-refractivity contribution in [1.29, 1.82) is 0 Å². The number of thioether (sulfide) groups is 1. The minimum Gasteiger partial charge on any atom is -0.497 e. The number of likely N-dealkylation sites (tertiary alicyclic amines) is 1. The number of carbonyl (C=O) groups is 1. The molecule has 1 saturated carbocycles. The Labute approximate surface area is 223 Å². The summed E-state index contributed by atoms with van der Waals surface area (Å²) in [5.74, 6) is 1.02. The third-order valence-corrected chi connectivity index (χ3v) is 9.80. The van der Waals surface area contributed by atoms with Gasteiger partial charge in [0.25, 0.3) is 0 Å². The van der Waals surface area contributed by atoms with Crippen molar-refractivity contribution in [3.63, 3.8) is 0 Å². The van der Waals surface area contributed by atoms with Crippen molar-refractivity contribution in [2.75, 3.05) is 32.5 Å². The number of pyridine rings is 1. The van der Waals surface area contributed by atoms with E-state index in [9.17, 15) is 9.90 Å². The average Bonchev–Trinajstić information content (AvgIpc) is 3.39. The molecule has 0 bridgehead atoms. The van der Waals surface area contributed by atoms with Gasteiger partial charge in [-0.25, -0.2) is 4.39 Å². The van der Waals surface area contributed by atoms with E-state index in [-0.39, 0.29) is 18.3 Å². The summed E-state index contributed by atoms with van der Waals surface area (Å²) in [6.45, 7) is 2.83. The van der Waals surface area contributed by atoms with Crippen LogP contribution in [0.4, 0.5) is 4.39 Å². The zero-order valence-corrected chi connectivity index (χ0v) is 22.8. The van der Waals surface area contributed by atoms with Crippen LogP contribution in [-0.4, -0.2) is 58.7 Å². The fourth-order valence-electron chi connectivity index (χ4n) is 5.87. The van der Waals surface area contributed by atoms with Crippen molar-refractivity contribution in [3.05, 3.63) is 35.0 Å². The summed E-state index contributed by atoms with van der Waals surface area (Å²) in [6, 6.07) is 5.37. The molecule has 5 nitrogen and oxygen atoms in total. The minimum absolute atomic E-state index is 0.0870. The van der Waals surface area contributed by atoms with Gasteiger partial charge in [0.05, 0.1) is 24.1 Å². The monoisotopic (exact) mass is 536 g/mol. The van der Waals surface area contributed by atoms with E-state index in [0.717, 1.165) is 37.7 Å². The Hall–Kier alpha value is -1.57. The number of halogens is 2. The average molecular weight is 537 g/mol. The summed E-state index contributed by atoms with van der Waals surface area (Å²) in [4.78, 5) is 18.5. The predicted molar refractivity (Wildman–Crippen MR) is 146 cm³/mol. The molecular weight excluding hydrogens is 499 g/mol. The van der Waals surface area contributed by atoms with Gasteiger partial charge in [-0.3, -0.25) is 9.78 Å². The smallest absolute Gasteiger partial charge is 0.303 e. The highest BCUT2D eigenvalue weighted by molar-refractivity contribution is 7.99. The quantitative estimate of drug-likeness (QED) is 0.287. The lowest BCUT2D eigenvalue weighted by Gasteiger charge is -2.41. The summed E-state index contributed by atoms with van der Waals surface area (Å²) in [7, 11) is 1.57. The summed E-state index contributed by atoms with van der Waals surface area (Å²) in [6.07, 6.45) is 9.31. The van der Waals surface area contributed by atoms with E-state index in [0.29, 0.717) is 33.7 Å². The van der Waals surface area contributed by atoms with E-state index >= 15 is 4.39 Å². The Balaban J connectivity index is 1.35. The van der Waals surface area contributed by atoms with E-state index in [1.54, 1.807) is 25.3 Å². The minimum atomic E-state index is -1.30. The lowest BCUT2D eigenvalue weighted by atomic mass is 9.71. The molecule has 198 valence electrons. The lowest BCUT2D eigenvalue weighted by molar-refractivity contribution is -0.141. The van der Waals surface area contributed by atoms with Gasteiger partial charge in [-0.1, -0.05) is 24.4 Å².